The first-order valence-corrected chi connectivity index (χ1v) is 9.92. The van der Waals surface area contributed by atoms with Crippen molar-refractivity contribution < 1.29 is 18.4 Å². The number of benzene rings is 2. The average molecular weight is 450 g/mol. The van der Waals surface area contributed by atoms with Crippen LogP contribution >= 0.6 is 0 Å². The van der Waals surface area contributed by atoms with Gasteiger partial charge in [0.05, 0.1) is 0 Å². The third-order valence-corrected chi connectivity index (χ3v) is 5.00. The van der Waals surface area contributed by atoms with Gasteiger partial charge >= 0.3 is 0 Å². The zero-order valence-corrected chi connectivity index (χ0v) is 17.9. The summed E-state index contributed by atoms with van der Waals surface area (Å²) in [7, 11) is 0. The van der Waals surface area contributed by atoms with E-state index in [1.165, 1.54) is 34.9 Å². The van der Waals surface area contributed by atoms with Crippen LogP contribution in [0, 0.1) is 36.8 Å². The number of hydrogen-bond donors (Lipinski definition) is 2. The van der Waals surface area contributed by atoms with Gasteiger partial charge in [0.15, 0.2) is 0 Å². The molecule has 0 saturated heterocycles. The van der Waals surface area contributed by atoms with Crippen LogP contribution in [0.3, 0.4) is 0 Å². The van der Waals surface area contributed by atoms with Crippen molar-refractivity contribution in [1.29, 1.82) is 5.26 Å². The van der Waals surface area contributed by atoms with Crippen molar-refractivity contribution >= 4 is 17.5 Å². The molecule has 3 rings (SSSR count). The van der Waals surface area contributed by atoms with Crippen LogP contribution in [0.5, 0.6) is 0 Å². The molecule has 3 aromatic rings. The van der Waals surface area contributed by atoms with Crippen LogP contribution < -0.4 is 16.2 Å². The molecule has 1 heterocycles. The molecule has 9 heteroatoms. The van der Waals surface area contributed by atoms with Gasteiger partial charge in [-0.2, -0.15) is 5.26 Å². The Labute approximate surface area is 188 Å². The second-order valence-electron chi connectivity index (χ2n) is 7.39. The number of pyridine rings is 1. The molecule has 33 heavy (non-hydrogen) atoms. The number of nitrogens with one attached hydrogen (secondary N) is 2. The molecule has 0 atom stereocenters. The lowest BCUT2D eigenvalue weighted by molar-refractivity contribution is -0.116. The Hall–Kier alpha value is -4.32. The van der Waals surface area contributed by atoms with Gasteiger partial charge in [-0.15, -0.1) is 0 Å². The van der Waals surface area contributed by atoms with Crippen LogP contribution in [0.25, 0.3) is 0 Å². The third-order valence-electron chi connectivity index (χ3n) is 5.00. The maximum atomic E-state index is 13.7. The number of nitriles is 1. The number of aromatic nitrogens is 1. The smallest absolute Gasteiger partial charge is 0.269 e. The van der Waals surface area contributed by atoms with Crippen molar-refractivity contribution in [1.82, 2.24) is 9.88 Å². The standard InChI is InChI=1S/C24H20F2N4O3/c1-14-9-15(2)30(24(33)20(14)11-27)13-22(31)29-19-7-4-16(5-8-19)23(32)28-12-17-3-6-18(25)10-21(17)26/h3-10H,12-13H2,1-2H3,(H,28,32)(H,29,31). The summed E-state index contributed by atoms with van der Waals surface area (Å²) in [6, 6.07) is 12.6. The predicted octanol–water partition coefficient (Wildman–Crippen LogP) is 3.18. The Balaban J connectivity index is 1.62. The molecule has 0 aliphatic heterocycles. The Morgan fingerprint density at radius 2 is 1.76 bits per heavy atom. The molecular formula is C24H20F2N4O3. The van der Waals surface area contributed by atoms with Gasteiger partial charge in [0.25, 0.3) is 11.5 Å². The van der Waals surface area contributed by atoms with E-state index in [1.54, 1.807) is 19.9 Å². The lowest BCUT2D eigenvalue weighted by Crippen LogP contribution is -2.31. The van der Waals surface area contributed by atoms with Crippen molar-refractivity contribution in [2.45, 2.75) is 26.9 Å². The van der Waals surface area contributed by atoms with Crippen molar-refractivity contribution in [2.24, 2.45) is 0 Å². The Bertz CT molecular complexity index is 1330. The highest BCUT2D eigenvalue weighted by Gasteiger charge is 2.14. The van der Waals surface area contributed by atoms with Gasteiger partial charge in [-0.25, -0.2) is 8.78 Å². The van der Waals surface area contributed by atoms with Crippen LogP contribution in [0.15, 0.2) is 53.3 Å². The highest BCUT2D eigenvalue weighted by Crippen LogP contribution is 2.12. The summed E-state index contributed by atoms with van der Waals surface area (Å²) < 4.78 is 27.9. The molecule has 7 nitrogen and oxygen atoms in total. The quantitative estimate of drug-likeness (QED) is 0.602. The maximum absolute atomic E-state index is 13.7. The molecule has 2 N–H and O–H groups in total. The molecule has 0 saturated carbocycles. The fourth-order valence-corrected chi connectivity index (χ4v) is 3.25. The largest absolute Gasteiger partial charge is 0.348 e. The molecule has 168 valence electrons. The first kappa shape index (κ1) is 23.3. The van der Waals surface area contributed by atoms with E-state index in [1.807, 2.05) is 6.07 Å². The van der Waals surface area contributed by atoms with Gasteiger partial charge in [0.2, 0.25) is 5.91 Å². The van der Waals surface area contributed by atoms with E-state index in [0.29, 0.717) is 16.9 Å². The van der Waals surface area contributed by atoms with Crippen molar-refractivity contribution in [2.75, 3.05) is 5.32 Å². The maximum Gasteiger partial charge on any atom is 0.269 e. The summed E-state index contributed by atoms with van der Waals surface area (Å²) in [5, 5.41) is 14.3. The van der Waals surface area contributed by atoms with E-state index in [0.717, 1.165) is 12.1 Å². The summed E-state index contributed by atoms with van der Waals surface area (Å²) in [5.74, 6) is -2.40. The number of carbonyl (C=O) groups excluding carboxylic acids is 2. The number of hydrogen-bond acceptors (Lipinski definition) is 4. The lowest BCUT2D eigenvalue weighted by atomic mass is 10.1. The minimum atomic E-state index is -0.752. The van der Waals surface area contributed by atoms with Crippen molar-refractivity contribution in [3.63, 3.8) is 0 Å². The highest BCUT2D eigenvalue weighted by atomic mass is 19.1. The Kier molecular flexibility index (Phi) is 6.98. The van der Waals surface area contributed by atoms with E-state index in [2.05, 4.69) is 10.6 Å². The minimum absolute atomic E-state index is 0.00992. The molecular weight excluding hydrogens is 430 g/mol. The second kappa shape index (κ2) is 9.87. The molecule has 0 fully saturated rings. The number of amides is 2. The van der Waals surface area contributed by atoms with Gasteiger partial charge in [0.1, 0.15) is 29.8 Å². The van der Waals surface area contributed by atoms with Gasteiger partial charge in [-0.1, -0.05) is 6.07 Å². The van der Waals surface area contributed by atoms with Crippen LogP contribution in [-0.4, -0.2) is 16.4 Å². The molecule has 0 bridgehead atoms. The van der Waals surface area contributed by atoms with Crippen molar-refractivity contribution in [3.05, 3.63) is 98.5 Å². The molecule has 0 spiro atoms. The van der Waals surface area contributed by atoms with Crippen LogP contribution in [0.1, 0.15) is 32.7 Å². The molecule has 0 aliphatic carbocycles. The van der Waals surface area contributed by atoms with Crippen LogP contribution in [0.4, 0.5) is 14.5 Å². The van der Waals surface area contributed by atoms with Gasteiger partial charge < -0.3 is 15.2 Å². The van der Waals surface area contributed by atoms with Gasteiger partial charge in [0, 0.05) is 35.1 Å². The van der Waals surface area contributed by atoms with E-state index in [4.69, 9.17) is 5.26 Å². The van der Waals surface area contributed by atoms with E-state index >= 15 is 0 Å². The fraction of sp³-hybridized carbons (Fsp3) is 0.167. The average Bonchev–Trinajstić information content (AvgIpc) is 2.76. The normalized spacial score (nSPS) is 10.4. The highest BCUT2D eigenvalue weighted by molar-refractivity contribution is 5.95. The second-order valence-corrected chi connectivity index (χ2v) is 7.39. The zero-order valence-electron chi connectivity index (χ0n) is 17.9. The van der Waals surface area contributed by atoms with Gasteiger partial charge in [-0.05, 0) is 55.8 Å². The SMILES string of the molecule is Cc1cc(C)n(CC(=O)Nc2ccc(C(=O)NCc3ccc(F)cc3F)cc2)c(=O)c1C#N. The number of anilines is 1. The molecule has 0 unspecified atom stereocenters. The number of nitrogens with zero attached hydrogens (tertiary/aromatic N) is 2. The monoisotopic (exact) mass is 450 g/mol. The Morgan fingerprint density at radius 3 is 2.39 bits per heavy atom. The predicted molar refractivity (Wildman–Crippen MR) is 117 cm³/mol. The van der Waals surface area contributed by atoms with Crippen LogP contribution in [0.2, 0.25) is 0 Å². The van der Waals surface area contributed by atoms with E-state index in [-0.39, 0.29) is 29.8 Å². The summed E-state index contributed by atoms with van der Waals surface area (Å²) >= 11 is 0. The summed E-state index contributed by atoms with van der Waals surface area (Å²) in [6.07, 6.45) is 0. The molecule has 0 aliphatic rings. The number of aryl methyl sites for hydroxylation is 2. The molecule has 2 aromatic carbocycles. The van der Waals surface area contributed by atoms with E-state index < -0.39 is 29.0 Å². The number of carbonyl (C=O) groups is 2. The first-order chi connectivity index (χ1) is 15.7. The summed E-state index contributed by atoms with van der Waals surface area (Å²) in [6.45, 7) is 2.95. The van der Waals surface area contributed by atoms with Gasteiger partial charge in [-0.3, -0.25) is 14.4 Å². The summed E-state index contributed by atoms with van der Waals surface area (Å²) in [5.41, 5.74) is 1.39. The minimum Gasteiger partial charge on any atom is -0.348 e. The molecule has 1 aromatic heterocycles. The summed E-state index contributed by atoms with van der Waals surface area (Å²) in [4.78, 5) is 37.1. The van der Waals surface area contributed by atoms with Crippen LogP contribution in [-0.2, 0) is 17.9 Å². The molecule has 0 radical (unpaired) electrons. The van der Waals surface area contributed by atoms with E-state index in [9.17, 15) is 23.2 Å². The molecule has 2 amide bonds. The fourth-order valence-electron chi connectivity index (χ4n) is 3.25. The topological polar surface area (TPSA) is 104 Å². The first-order valence-electron chi connectivity index (χ1n) is 9.92. The Morgan fingerprint density at radius 1 is 1.06 bits per heavy atom. The number of halogens is 2. The lowest BCUT2D eigenvalue weighted by Gasteiger charge is -2.12. The van der Waals surface area contributed by atoms with Crippen molar-refractivity contribution in [3.8, 4) is 6.07 Å². The third kappa shape index (κ3) is 5.49. The number of rotatable bonds is 6. The zero-order chi connectivity index (χ0) is 24.1.